The molecular formula is C64H46BBrF6N6O14S2. The lowest BCUT2D eigenvalue weighted by atomic mass is 9.80. The molecule has 0 fully saturated rings. The van der Waals surface area contributed by atoms with Gasteiger partial charge in [0.15, 0.2) is 11.6 Å². The number of rotatable bonds is 16. The number of aromatic nitrogens is 4. The third-order valence-electron chi connectivity index (χ3n) is 14.2. The minimum absolute atomic E-state index is 0.0326. The van der Waals surface area contributed by atoms with E-state index >= 15 is 4.39 Å². The van der Waals surface area contributed by atoms with Crippen LogP contribution >= 0.6 is 15.9 Å². The molecule has 0 aliphatic carbocycles. The molecule has 0 unspecified atom stereocenters. The van der Waals surface area contributed by atoms with E-state index in [0.717, 1.165) is 72.3 Å². The molecule has 0 atom stereocenters. The van der Waals surface area contributed by atoms with Gasteiger partial charge in [0.05, 0.1) is 64.0 Å². The van der Waals surface area contributed by atoms with Crippen molar-refractivity contribution < 1.29 is 82.0 Å². The van der Waals surface area contributed by atoms with Gasteiger partial charge in [0.2, 0.25) is 0 Å². The number of ether oxygens (including phenoxy) is 2. The zero-order valence-electron chi connectivity index (χ0n) is 48.5. The monoisotopic (exact) mass is 1390 g/mol. The van der Waals surface area contributed by atoms with Crippen molar-refractivity contribution in [3.05, 3.63) is 266 Å². The van der Waals surface area contributed by atoms with Gasteiger partial charge < -0.3 is 38.8 Å². The Morgan fingerprint density at radius 1 is 0.511 bits per heavy atom. The second-order valence-corrected chi connectivity index (χ2v) is 24.8. The van der Waals surface area contributed by atoms with Gasteiger partial charge in [-0.2, -0.15) is 0 Å². The molecule has 12 aromatic rings. The van der Waals surface area contributed by atoms with Crippen LogP contribution in [0.2, 0.25) is 0 Å². The van der Waals surface area contributed by atoms with Crippen LogP contribution in [0.15, 0.2) is 227 Å². The van der Waals surface area contributed by atoms with Crippen LogP contribution in [-0.2, 0) is 33.1 Å². The molecule has 8 aromatic carbocycles. The number of nitrogens with zero attached hydrogens (tertiary/aromatic N) is 6. The second kappa shape index (κ2) is 27.7. The highest BCUT2D eigenvalue weighted by atomic mass is 79.9. The number of anilines is 2. The van der Waals surface area contributed by atoms with Crippen molar-refractivity contribution in [2.75, 3.05) is 22.8 Å². The summed E-state index contributed by atoms with van der Waals surface area (Å²) in [5.41, 5.74) is -0.417. The molecule has 480 valence electrons. The standard InChI is InChI=1S/C32H22F3N3O6S.C26H19BrFN3O6S.C6H5BF2O2/c1-43-24-5-2-19(3-6-24)18-37(31-10-11-44-36-31)45(41,42)25-7-8-28-20(14-25)4-9-32(40)38(28)29-17-27(35)26(16-30(29)39)21-12-22(33)15-23(34)13-21;1-36-18-5-2-16(3-6-18)15-30(25-10-11-37-29-25)38(34,35)19-7-8-22-17(12-19)4-9-26(33)31(22)23-14-21(28)20(27)13-24(23)32;8-5-1-4(7(10)11)2-6(9)3-5/h2-17,39H,18H2,1H3;2-14,32H,15H2,1H3;1-3,10-11H. The summed E-state index contributed by atoms with van der Waals surface area (Å²) in [4.78, 5) is 25.5. The van der Waals surface area contributed by atoms with Crippen LogP contribution in [0.1, 0.15) is 11.1 Å². The topological polar surface area (TPSA) is 270 Å². The van der Waals surface area contributed by atoms with Crippen molar-refractivity contribution in [1.82, 2.24) is 19.4 Å². The Bertz CT molecular complexity index is 5120. The average Bonchev–Trinajstić information content (AvgIpc) is 0.851. The Balaban J connectivity index is 0.000000178. The third-order valence-corrected chi connectivity index (χ3v) is 18.3. The smallest absolute Gasteiger partial charge is 0.488 e. The van der Waals surface area contributed by atoms with Gasteiger partial charge in [-0.3, -0.25) is 18.7 Å². The summed E-state index contributed by atoms with van der Waals surface area (Å²) < 4.78 is 162. The minimum Gasteiger partial charge on any atom is -0.506 e. The number of pyridine rings is 2. The number of methoxy groups -OCH3 is 2. The number of hydrogen-bond donors (Lipinski definition) is 4. The van der Waals surface area contributed by atoms with Crippen molar-refractivity contribution in [2.45, 2.75) is 22.9 Å². The van der Waals surface area contributed by atoms with Crippen molar-refractivity contribution in [2.24, 2.45) is 0 Å². The molecular weight excluding hydrogens is 1350 g/mol. The fourth-order valence-corrected chi connectivity index (χ4v) is 12.8. The molecule has 0 aliphatic rings. The minimum atomic E-state index is -4.25. The lowest BCUT2D eigenvalue weighted by molar-refractivity contribution is 0.414. The number of sulfonamides is 2. The van der Waals surface area contributed by atoms with Gasteiger partial charge in [-0.1, -0.05) is 34.6 Å². The first kappa shape index (κ1) is 66.3. The number of halogens is 7. The molecule has 4 N–H and O–H groups in total. The van der Waals surface area contributed by atoms with E-state index < -0.39 is 78.9 Å². The maximum Gasteiger partial charge on any atom is 0.488 e. The van der Waals surface area contributed by atoms with Crippen molar-refractivity contribution in [3.63, 3.8) is 0 Å². The van der Waals surface area contributed by atoms with E-state index in [4.69, 9.17) is 28.6 Å². The van der Waals surface area contributed by atoms with E-state index in [-0.39, 0.29) is 89.1 Å². The molecule has 4 heterocycles. The second-order valence-electron chi connectivity index (χ2n) is 20.2. The van der Waals surface area contributed by atoms with Crippen LogP contribution in [0.25, 0.3) is 44.3 Å². The molecule has 94 heavy (non-hydrogen) atoms. The summed E-state index contributed by atoms with van der Waals surface area (Å²) in [5.74, 6) is -4.71. The molecule has 4 aromatic heterocycles. The van der Waals surface area contributed by atoms with Crippen LogP contribution in [0.5, 0.6) is 23.0 Å². The number of aromatic hydroxyl groups is 2. The Morgan fingerprint density at radius 3 is 1.33 bits per heavy atom. The highest BCUT2D eigenvalue weighted by Gasteiger charge is 2.30. The van der Waals surface area contributed by atoms with Gasteiger partial charge in [0.25, 0.3) is 31.2 Å². The number of phenolic OH excluding ortho intramolecular Hbond substituents is 2. The van der Waals surface area contributed by atoms with Crippen molar-refractivity contribution in [3.8, 4) is 45.5 Å². The van der Waals surface area contributed by atoms with Gasteiger partial charge >= 0.3 is 7.12 Å². The summed E-state index contributed by atoms with van der Waals surface area (Å²) >= 11 is 3.00. The predicted octanol–water partition coefficient (Wildman–Crippen LogP) is 10.8. The van der Waals surface area contributed by atoms with Crippen LogP contribution < -0.4 is 34.7 Å². The van der Waals surface area contributed by atoms with Crippen molar-refractivity contribution >= 4 is 82.0 Å². The van der Waals surface area contributed by atoms with E-state index in [1.54, 1.807) is 48.5 Å². The summed E-state index contributed by atoms with van der Waals surface area (Å²) in [6.07, 6.45) is 2.52. The van der Waals surface area contributed by atoms with E-state index in [9.17, 15) is 58.6 Å². The quantitative estimate of drug-likeness (QED) is 0.0517. The Morgan fingerprint density at radius 2 is 0.926 bits per heavy atom. The van der Waals surface area contributed by atoms with E-state index in [2.05, 4.69) is 26.2 Å². The predicted molar refractivity (Wildman–Crippen MR) is 337 cm³/mol. The fourth-order valence-electron chi connectivity index (χ4n) is 9.65. The van der Waals surface area contributed by atoms with E-state index in [0.29, 0.717) is 40.1 Å². The van der Waals surface area contributed by atoms with Gasteiger partial charge in [-0.15, -0.1) is 0 Å². The molecule has 0 saturated heterocycles. The molecule has 0 saturated carbocycles. The molecule has 0 bridgehead atoms. The Kier molecular flexibility index (Phi) is 19.5. The van der Waals surface area contributed by atoms with E-state index in [1.165, 1.54) is 93.5 Å². The maximum absolute atomic E-state index is 15.3. The third kappa shape index (κ3) is 14.3. The average molecular weight is 1390 g/mol. The molecule has 0 aliphatic heterocycles. The van der Waals surface area contributed by atoms with Crippen LogP contribution in [0.4, 0.5) is 38.0 Å². The molecule has 30 heteroatoms. The van der Waals surface area contributed by atoms with Crippen LogP contribution in [-0.4, -0.2) is 77.9 Å². The summed E-state index contributed by atoms with van der Waals surface area (Å²) in [6.45, 7) is -0.131. The summed E-state index contributed by atoms with van der Waals surface area (Å²) in [5, 5.41) is 46.5. The SMILES string of the molecule is COc1ccc(CN(c2ccon2)S(=O)(=O)c2ccc3c(ccc(=O)n3-c3cc(F)c(-c4cc(F)cc(F)c4)cc3O)c2)cc1.COc1ccc(CN(c2ccon2)S(=O)(=O)c2ccc3c(ccc(=O)n3-c3cc(F)c(Br)cc3O)c2)cc1.OB(O)c1cc(F)cc(F)c1. The fraction of sp³-hybridized carbons (Fsp3) is 0.0625. The number of hydrogen-bond acceptors (Lipinski definition) is 16. The molecule has 20 nitrogen and oxygen atoms in total. The highest BCUT2D eigenvalue weighted by molar-refractivity contribution is 9.10. The number of fused-ring (bicyclic) bond motifs is 2. The maximum atomic E-state index is 15.3. The summed E-state index contributed by atoms with van der Waals surface area (Å²) in [7, 11) is -7.19. The number of phenols is 2. The molecule has 0 amide bonds. The lowest BCUT2D eigenvalue weighted by Crippen LogP contribution is -2.31. The highest BCUT2D eigenvalue weighted by Crippen LogP contribution is 2.36. The first-order valence-electron chi connectivity index (χ1n) is 27.3. The van der Waals surface area contributed by atoms with Crippen molar-refractivity contribution in [1.29, 1.82) is 0 Å². The van der Waals surface area contributed by atoms with Gasteiger partial charge in [-0.25, -0.2) is 51.8 Å². The Hall–Kier alpha value is -10.7. The molecule has 12 rings (SSSR count). The Labute approximate surface area is 537 Å². The lowest BCUT2D eigenvalue weighted by Gasteiger charge is -2.22. The van der Waals surface area contributed by atoms with E-state index in [1.807, 2.05) is 0 Å². The zero-order valence-corrected chi connectivity index (χ0v) is 51.7. The first-order chi connectivity index (χ1) is 44.8. The van der Waals surface area contributed by atoms with Crippen LogP contribution in [0.3, 0.4) is 0 Å². The zero-order chi connectivity index (χ0) is 67.3. The first-order valence-corrected chi connectivity index (χ1v) is 30.9. The van der Waals surface area contributed by atoms with Gasteiger partial charge in [0.1, 0.15) is 70.4 Å². The molecule has 0 spiro atoms. The van der Waals surface area contributed by atoms with Gasteiger partial charge in [-0.05, 0) is 147 Å². The van der Waals surface area contributed by atoms with Crippen LogP contribution in [0, 0.1) is 34.9 Å². The largest absolute Gasteiger partial charge is 0.506 e. The summed E-state index contributed by atoms with van der Waals surface area (Å²) in [6, 6.07) is 38.7. The van der Waals surface area contributed by atoms with Gasteiger partial charge in [0, 0.05) is 64.9 Å². The molecule has 0 radical (unpaired) electrons. The number of benzene rings is 8. The normalized spacial score (nSPS) is 11.4.